The van der Waals surface area contributed by atoms with Crippen LogP contribution in [-0.2, 0) is 10.0 Å². The van der Waals surface area contributed by atoms with Crippen LogP contribution in [0.3, 0.4) is 0 Å². The molecule has 5 heteroatoms. The average Bonchev–Trinajstić information content (AvgIpc) is 2.26. The predicted octanol–water partition coefficient (Wildman–Crippen LogP) is 2.38. The molecule has 1 unspecified atom stereocenters. The molecule has 0 saturated heterocycles. The van der Waals surface area contributed by atoms with Crippen LogP contribution in [0, 0.1) is 19.3 Å². The molecule has 0 spiro atoms. The molecule has 4 nitrogen and oxygen atoms in total. The molecule has 1 aromatic carbocycles. The molecule has 20 heavy (non-hydrogen) atoms. The molecular formula is C15H25NO3S. The Morgan fingerprint density at radius 2 is 1.85 bits per heavy atom. The summed E-state index contributed by atoms with van der Waals surface area (Å²) in [7, 11) is -3.51. The van der Waals surface area contributed by atoms with Gasteiger partial charge in [-0.15, -0.1) is 0 Å². The molecule has 0 bridgehead atoms. The van der Waals surface area contributed by atoms with Gasteiger partial charge in [0.25, 0.3) is 0 Å². The van der Waals surface area contributed by atoms with Crippen LogP contribution in [0.25, 0.3) is 0 Å². The van der Waals surface area contributed by atoms with Crippen molar-refractivity contribution in [3.63, 3.8) is 0 Å². The largest absolute Gasteiger partial charge is 0.393 e. The summed E-state index contributed by atoms with van der Waals surface area (Å²) in [5, 5.41) is 9.91. The lowest BCUT2D eigenvalue weighted by molar-refractivity contribution is 0.0571. The second-order valence-electron chi connectivity index (χ2n) is 6.34. The molecule has 0 radical (unpaired) electrons. The van der Waals surface area contributed by atoms with Gasteiger partial charge in [-0.2, -0.15) is 0 Å². The summed E-state index contributed by atoms with van der Waals surface area (Å²) in [6.45, 7) is 9.72. The van der Waals surface area contributed by atoms with E-state index in [1.807, 2.05) is 33.8 Å². The molecule has 2 N–H and O–H groups in total. The molecule has 0 aromatic heterocycles. The number of aliphatic hydroxyl groups excluding tert-OH is 1. The van der Waals surface area contributed by atoms with Crippen molar-refractivity contribution in [2.24, 2.45) is 5.41 Å². The zero-order valence-electron chi connectivity index (χ0n) is 12.9. The monoisotopic (exact) mass is 299 g/mol. The maximum Gasteiger partial charge on any atom is 0.240 e. The number of rotatable bonds is 5. The van der Waals surface area contributed by atoms with E-state index in [2.05, 4.69) is 4.72 Å². The number of nitrogens with one attached hydrogen (secondary N) is 1. The fourth-order valence-electron chi connectivity index (χ4n) is 1.94. The summed E-state index contributed by atoms with van der Waals surface area (Å²) in [4.78, 5) is 0.299. The van der Waals surface area contributed by atoms with E-state index in [1.54, 1.807) is 19.1 Å². The molecule has 0 aliphatic heterocycles. The van der Waals surface area contributed by atoms with Crippen LogP contribution < -0.4 is 4.72 Å². The number of hydrogen-bond acceptors (Lipinski definition) is 3. The van der Waals surface area contributed by atoms with Crippen molar-refractivity contribution >= 4 is 10.0 Å². The van der Waals surface area contributed by atoms with Gasteiger partial charge in [0.2, 0.25) is 10.0 Å². The van der Waals surface area contributed by atoms with E-state index in [0.717, 1.165) is 11.1 Å². The summed E-state index contributed by atoms with van der Waals surface area (Å²) in [5.74, 6) is 0. The van der Waals surface area contributed by atoms with E-state index >= 15 is 0 Å². The molecule has 0 saturated carbocycles. The highest BCUT2D eigenvalue weighted by molar-refractivity contribution is 7.89. The van der Waals surface area contributed by atoms with Gasteiger partial charge in [0.05, 0.1) is 11.0 Å². The quantitative estimate of drug-likeness (QED) is 0.877. The van der Waals surface area contributed by atoms with Crippen molar-refractivity contribution in [2.45, 2.75) is 52.0 Å². The van der Waals surface area contributed by atoms with E-state index in [9.17, 15) is 13.5 Å². The Labute approximate surface area is 122 Å². The van der Waals surface area contributed by atoms with Gasteiger partial charge >= 0.3 is 0 Å². The smallest absolute Gasteiger partial charge is 0.240 e. The lowest BCUT2D eigenvalue weighted by Gasteiger charge is -2.25. The summed E-state index contributed by atoms with van der Waals surface area (Å²) in [6, 6.07) is 5.25. The second kappa shape index (κ2) is 6.24. The Morgan fingerprint density at radius 1 is 1.25 bits per heavy atom. The minimum atomic E-state index is -3.51. The first-order valence-corrected chi connectivity index (χ1v) is 8.27. The summed E-state index contributed by atoms with van der Waals surface area (Å²) in [6.07, 6.45) is -0.141. The second-order valence-corrected chi connectivity index (χ2v) is 8.07. The highest BCUT2D eigenvalue weighted by Crippen LogP contribution is 2.21. The first-order chi connectivity index (χ1) is 9.04. The lowest BCUT2D eigenvalue weighted by Crippen LogP contribution is -2.32. The number of aliphatic hydroxyl groups is 1. The van der Waals surface area contributed by atoms with Gasteiger partial charge in [0.15, 0.2) is 0 Å². The Morgan fingerprint density at radius 3 is 2.35 bits per heavy atom. The lowest BCUT2D eigenvalue weighted by atomic mass is 9.87. The Kier molecular flexibility index (Phi) is 5.35. The molecule has 1 aromatic rings. The van der Waals surface area contributed by atoms with Crippen molar-refractivity contribution in [3.8, 4) is 0 Å². The van der Waals surface area contributed by atoms with E-state index in [4.69, 9.17) is 0 Å². The Balaban J connectivity index is 2.72. The van der Waals surface area contributed by atoms with E-state index in [1.165, 1.54) is 0 Å². The van der Waals surface area contributed by atoms with Crippen LogP contribution in [0.4, 0.5) is 0 Å². The van der Waals surface area contributed by atoms with Crippen molar-refractivity contribution < 1.29 is 13.5 Å². The molecule has 0 aliphatic rings. The molecule has 1 rings (SSSR count). The number of sulfonamides is 1. The number of aryl methyl sites for hydroxylation is 2. The normalized spacial score (nSPS) is 14.3. The molecule has 0 aliphatic carbocycles. The van der Waals surface area contributed by atoms with Gasteiger partial charge in [-0.3, -0.25) is 0 Å². The topological polar surface area (TPSA) is 66.4 Å². The van der Waals surface area contributed by atoms with Gasteiger partial charge in [-0.1, -0.05) is 38.5 Å². The molecule has 114 valence electrons. The van der Waals surface area contributed by atoms with Crippen LogP contribution in [0.2, 0.25) is 0 Å². The van der Waals surface area contributed by atoms with Crippen molar-refractivity contribution in [3.05, 3.63) is 29.3 Å². The van der Waals surface area contributed by atoms with E-state index in [0.29, 0.717) is 11.3 Å². The molecular weight excluding hydrogens is 274 g/mol. The molecule has 1 atom stereocenters. The van der Waals surface area contributed by atoms with Crippen molar-refractivity contribution in [1.29, 1.82) is 0 Å². The average molecular weight is 299 g/mol. The van der Waals surface area contributed by atoms with Gasteiger partial charge < -0.3 is 5.11 Å². The fourth-order valence-corrected chi connectivity index (χ4v) is 3.21. The number of hydrogen-bond donors (Lipinski definition) is 2. The third-order valence-corrected chi connectivity index (χ3v) is 4.95. The summed E-state index contributed by atoms with van der Waals surface area (Å²) >= 11 is 0. The third-order valence-electron chi connectivity index (χ3n) is 3.33. The maximum absolute atomic E-state index is 12.2. The maximum atomic E-state index is 12.2. The predicted molar refractivity (Wildman–Crippen MR) is 81.2 cm³/mol. The van der Waals surface area contributed by atoms with Crippen molar-refractivity contribution in [2.75, 3.05) is 6.54 Å². The van der Waals surface area contributed by atoms with Crippen LogP contribution in [0.1, 0.15) is 38.3 Å². The molecule has 0 amide bonds. The standard InChI is InChI=1S/C15H25NO3S/c1-11-6-7-13(12(2)10-11)20(18,19)16-9-8-14(17)15(3,4)5/h6-7,10,14,16-17H,8-9H2,1-5H3. The van der Waals surface area contributed by atoms with Crippen LogP contribution in [0.5, 0.6) is 0 Å². The van der Waals surface area contributed by atoms with Gasteiger partial charge in [0, 0.05) is 6.54 Å². The zero-order chi connectivity index (χ0) is 15.6. The van der Waals surface area contributed by atoms with Gasteiger partial charge in [-0.25, -0.2) is 13.1 Å². The van der Waals surface area contributed by atoms with Crippen LogP contribution >= 0.6 is 0 Å². The highest BCUT2D eigenvalue weighted by atomic mass is 32.2. The Hall–Kier alpha value is -0.910. The SMILES string of the molecule is Cc1ccc(S(=O)(=O)NCCC(O)C(C)(C)C)c(C)c1. The van der Waals surface area contributed by atoms with Crippen LogP contribution in [0.15, 0.2) is 23.1 Å². The fraction of sp³-hybridized carbons (Fsp3) is 0.600. The Bertz CT molecular complexity index is 559. The minimum absolute atomic E-state index is 0.230. The summed E-state index contributed by atoms with van der Waals surface area (Å²) < 4.78 is 27.0. The van der Waals surface area contributed by atoms with E-state index in [-0.39, 0.29) is 12.0 Å². The van der Waals surface area contributed by atoms with Crippen molar-refractivity contribution in [1.82, 2.24) is 4.72 Å². The molecule has 0 fully saturated rings. The van der Waals surface area contributed by atoms with Gasteiger partial charge in [-0.05, 0) is 37.3 Å². The molecule has 0 heterocycles. The summed E-state index contributed by atoms with van der Waals surface area (Å²) in [5.41, 5.74) is 1.52. The van der Waals surface area contributed by atoms with Gasteiger partial charge in [0.1, 0.15) is 0 Å². The minimum Gasteiger partial charge on any atom is -0.393 e. The number of benzene rings is 1. The highest BCUT2D eigenvalue weighted by Gasteiger charge is 2.23. The van der Waals surface area contributed by atoms with Crippen LogP contribution in [-0.4, -0.2) is 26.2 Å². The first kappa shape index (κ1) is 17.1. The third kappa shape index (κ3) is 4.58. The zero-order valence-corrected chi connectivity index (χ0v) is 13.7. The van der Waals surface area contributed by atoms with E-state index < -0.39 is 16.1 Å². The first-order valence-electron chi connectivity index (χ1n) is 6.79.